The molecule has 6 heteroatoms. The normalized spacial score (nSPS) is 25.7. The summed E-state index contributed by atoms with van der Waals surface area (Å²) in [5, 5.41) is 14.1. The Bertz CT molecular complexity index is 783. The standard InChI is InChI=1S/C26H39N3O3/c1-2-3-16-29-23(30)22(19-25(32)12-8-5-9-13-25)27-24(31)26(29)14-17-28(18-15-26)20-21-10-6-4-7-11-21/h4,6-7,10-11,22,32H,2-3,5,8-9,12-20H2,1H3,(H,27,31)/t22-/m1/s1. The Morgan fingerprint density at radius 2 is 1.72 bits per heavy atom. The molecule has 0 radical (unpaired) electrons. The summed E-state index contributed by atoms with van der Waals surface area (Å²) in [6, 6.07) is 9.81. The topological polar surface area (TPSA) is 72.9 Å². The Hall–Kier alpha value is -1.92. The maximum Gasteiger partial charge on any atom is 0.246 e. The van der Waals surface area contributed by atoms with Gasteiger partial charge in [-0.3, -0.25) is 14.5 Å². The number of benzene rings is 1. The molecule has 2 amide bonds. The first-order valence-electron chi connectivity index (χ1n) is 12.6. The second-order valence-electron chi connectivity index (χ2n) is 10.2. The van der Waals surface area contributed by atoms with Crippen LogP contribution in [-0.2, 0) is 16.1 Å². The fraction of sp³-hybridized carbons (Fsp3) is 0.692. The van der Waals surface area contributed by atoms with E-state index < -0.39 is 17.2 Å². The third-order valence-corrected chi connectivity index (χ3v) is 7.84. The Morgan fingerprint density at radius 1 is 1.03 bits per heavy atom. The maximum absolute atomic E-state index is 13.6. The summed E-state index contributed by atoms with van der Waals surface area (Å²) in [7, 11) is 0. The number of amides is 2. The van der Waals surface area contributed by atoms with Crippen LogP contribution in [-0.4, -0.2) is 63.5 Å². The van der Waals surface area contributed by atoms with Crippen LogP contribution in [0.5, 0.6) is 0 Å². The number of aliphatic hydroxyl groups is 1. The van der Waals surface area contributed by atoms with Crippen molar-refractivity contribution < 1.29 is 14.7 Å². The molecule has 2 aliphatic heterocycles. The van der Waals surface area contributed by atoms with Crippen molar-refractivity contribution in [3.05, 3.63) is 35.9 Å². The molecular weight excluding hydrogens is 402 g/mol. The summed E-state index contributed by atoms with van der Waals surface area (Å²) in [6.07, 6.45) is 8.12. The zero-order valence-corrected chi connectivity index (χ0v) is 19.5. The maximum atomic E-state index is 13.6. The van der Waals surface area contributed by atoms with Gasteiger partial charge in [-0.2, -0.15) is 0 Å². The average molecular weight is 442 g/mol. The van der Waals surface area contributed by atoms with Gasteiger partial charge in [0.15, 0.2) is 0 Å². The minimum atomic E-state index is -0.828. The predicted molar refractivity (Wildman–Crippen MR) is 125 cm³/mol. The number of piperazine rings is 1. The minimum absolute atomic E-state index is 0.00792. The van der Waals surface area contributed by atoms with Crippen molar-refractivity contribution in [2.24, 2.45) is 0 Å². The van der Waals surface area contributed by atoms with E-state index >= 15 is 0 Å². The van der Waals surface area contributed by atoms with E-state index in [2.05, 4.69) is 41.4 Å². The lowest BCUT2D eigenvalue weighted by Crippen LogP contribution is -2.73. The number of piperidine rings is 1. The third-order valence-electron chi connectivity index (χ3n) is 7.84. The fourth-order valence-corrected chi connectivity index (χ4v) is 5.87. The van der Waals surface area contributed by atoms with E-state index in [4.69, 9.17) is 0 Å². The molecule has 3 aliphatic rings. The molecule has 2 saturated heterocycles. The number of hydrogen-bond donors (Lipinski definition) is 2. The van der Waals surface area contributed by atoms with Crippen LogP contribution >= 0.6 is 0 Å². The Balaban J connectivity index is 1.47. The summed E-state index contributed by atoms with van der Waals surface area (Å²) in [6.45, 7) is 5.21. The van der Waals surface area contributed by atoms with Gasteiger partial charge in [-0.1, -0.05) is 62.9 Å². The number of unbranched alkanes of at least 4 members (excludes halogenated alkanes) is 1. The highest BCUT2D eigenvalue weighted by atomic mass is 16.3. The van der Waals surface area contributed by atoms with E-state index in [1.807, 2.05) is 11.0 Å². The quantitative estimate of drug-likeness (QED) is 0.681. The SMILES string of the molecule is CCCCN1C(=O)[C@@H](CC2(O)CCCCC2)NC(=O)C12CCN(Cc1ccccc1)CC2. The first-order chi connectivity index (χ1) is 15.5. The van der Waals surface area contributed by atoms with E-state index in [1.165, 1.54) is 5.56 Å². The Morgan fingerprint density at radius 3 is 2.38 bits per heavy atom. The van der Waals surface area contributed by atoms with Gasteiger partial charge >= 0.3 is 0 Å². The van der Waals surface area contributed by atoms with Gasteiger partial charge in [0, 0.05) is 32.6 Å². The van der Waals surface area contributed by atoms with Crippen LogP contribution in [0, 0.1) is 0 Å². The van der Waals surface area contributed by atoms with Crippen molar-refractivity contribution in [2.45, 2.75) is 94.9 Å². The van der Waals surface area contributed by atoms with Crippen molar-refractivity contribution in [1.29, 1.82) is 0 Å². The molecule has 1 atom stereocenters. The fourth-order valence-electron chi connectivity index (χ4n) is 5.87. The van der Waals surface area contributed by atoms with E-state index in [0.29, 0.717) is 25.8 Å². The lowest BCUT2D eigenvalue weighted by Gasteiger charge is -2.52. The number of nitrogens with one attached hydrogen (secondary N) is 1. The molecule has 4 rings (SSSR count). The molecule has 0 bridgehead atoms. The molecule has 1 aromatic rings. The van der Waals surface area contributed by atoms with Gasteiger partial charge in [-0.15, -0.1) is 0 Å². The van der Waals surface area contributed by atoms with Crippen LogP contribution in [0.15, 0.2) is 30.3 Å². The molecule has 1 saturated carbocycles. The molecule has 32 heavy (non-hydrogen) atoms. The second-order valence-corrected chi connectivity index (χ2v) is 10.2. The summed E-state index contributed by atoms with van der Waals surface area (Å²) >= 11 is 0. The van der Waals surface area contributed by atoms with Crippen LogP contribution in [0.4, 0.5) is 0 Å². The largest absolute Gasteiger partial charge is 0.390 e. The molecule has 1 spiro atoms. The van der Waals surface area contributed by atoms with Crippen LogP contribution in [0.2, 0.25) is 0 Å². The van der Waals surface area contributed by atoms with Gasteiger partial charge in [0.25, 0.3) is 0 Å². The summed E-state index contributed by atoms with van der Waals surface area (Å²) < 4.78 is 0. The van der Waals surface area contributed by atoms with Crippen LogP contribution in [0.1, 0.15) is 76.7 Å². The first kappa shape index (κ1) is 23.2. The zero-order chi connectivity index (χ0) is 22.6. The van der Waals surface area contributed by atoms with Gasteiger partial charge in [0.1, 0.15) is 11.6 Å². The Kier molecular flexibility index (Phi) is 7.21. The number of hydrogen-bond acceptors (Lipinski definition) is 4. The molecule has 6 nitrogen and oxygen atoms in total. The molecule has 3 fully saturated rings. The molecular formula is C26H39N3O3. The van der Waals surface area contributed by atoms with Gasteiger partial charge in [-0.25, -0.2) is 0 Å². The molecule has 176 valence electrons. The van der Waals surface area contributed by atoms with Crippen LogP contribution in [0.25, 0.3) is 0 Å². The predicted octanol–water partition coefficient (Wildman–Crippen LogP) is 3.23. The van der Waals surface area contributed by atoms with Crippen molar-refractivity contribution in [1.82, 2.24) is 15.1 Å². The first-order valence-corrected chi connectivity index (χ1v) is 12.6. The third kappa shape index (κ3) is 4.86. The number of nitrogens with zero attached hydrogens (tertiary/aromatic N) is 2. The van der Waals surface area contributed by atoms with Gasteiger partial charge < -0.3 is 15.3 Å². The van der Waals surface area contributed by atoms with Crippen molar-refractivity contribution in [3.8, 4) is 0 Å². The van der Waals surface area contributed by atoms with Gasteiger partial charge in [0.2, 0.25) is 11.8 Å². The van der Waals surface area contributed by atoms with Gasteiger partial charge in [0.05, 0.1) is 5.60 Å². The molecule has 0 unspecified atom stereocenters. The molecule has 2 N–H and O–H groups in total. The monoisotopic (exact) mass is 441 g/mol. The summed E-state index contributed by atoms with van der Waals surface area (Å²) in [4.78, 5) is 31.4. The Labute approximate surface area is 192 Å². The summed E-state index contributed by atoms with van der Waals surface area (Å²) in [5.74, 6) is -0.00877. The molecule has 2 heterocycles. The number of rotatable bonds is 7. The number of likely N-dealkylation sites (tertiary alicyclic amines) is 1. The highest BCUT2D eigenvalue weighted by Crippen LogP contribution is 2.37. The molecule has 1 aliphatic carbocycles. The number of carbonyl (C=O) groups is 2. The van der Waals surface area contributed by atoms with E-state index in [-0.39, 0.29) is 11.8 Å². The van der Waals surface area contributed by atoms with E-state index in [1.54, 1.807) is 0 Å². The highest BCUT2D eigenvalue weighted by molar-refractivity contribution is 6.00. The van der Waals surface area contributed by atoms with Gasteiger partial charge in [-0.05, 0) is 37.7 Å². The smallest absolute Gasteiger partial charge is 0.246 e. The van der Waals surface area contributed by atoms with Crippen LogP contribution in [0.3, 0.4) is 0 Å². The second kappa shape index (κ2) is 9.92. The minimum Gasteiger partial charge on any atom is -0.390 e. The average Bonchev–Trinajstić information content (AvgIpc) is 2.80. The van der Waals surface area contributed by atoms with Crippen molar-refractivity contribution >= 4 is 11.8 Å². The molecule has 1 aromatic carbocycles. The highest BCUT2D eigenvalue weighted by Gasteiger charge is 2.54. The van der Waals surface area contributed by atoms with E-state index in [0.717, 1.165) is 64.6 Å². The molecule has 0 aromatic heterocycles. The van der Waals surface area contributed by atoms with Crippen LogP contribution < -0.4 is 5.32 Å². The number of carbonyl (C=O) groups excluding carboxylic acids is 2. The van der Waals surface area contributed by atoms with E-state index in [9.17, 15) is 14.7 Å². The zero-order valence-electron chi connectivity index (χ0n) is 19.5. The lowest BCUT2D eigenvalue weighted by atomic mass is 9.77. The van der Waals surface area contributed by atoms with Crippen molar-refractivity contribution in [3.63, 3.8) is 0 Å². The lowest BCUT2D eigenvalue weighted by molar-refractivity contribution is -0.163. The van der Waals surface area contributed by atoms with Crippen molar-refractivity contribution in [2.75, 3.05) is 19.6 Å². The summed E-state index contributed by atoms with van der Waals surface area (Å²) in [5.41, 5.74) is -0.298.